The lowest BCUT2D eigenvalue weighted by Gasteiger charge is -2.06. The Balaban J connectivity index is 3.54. The Kier molecular flexibility index (Phi) is 3.26. The lowest BCUT2D eigenvalue weighted by molar-refractivity contribution is 0.0695. The third-order valence-corrected chi connectivity index (χ3v) is 2.57. The molecule has 0 aliphatic heterocycles. The molecule has 0 unspecified atom stereocenters. The van der Waals surface area contributed by atoms with Gasteiger partial charge in [0, 0.05) is 5.33 Å². The van der Waals surface area contributed by atoms with Gasteiger partial charge in [0.15, 0.2) is 0 Å². The highest BCUT2D eigenvalue weighted by Crippen LogP contribution is 2.20. The summed E-state index contributed by atoms with van der Waals surface area (Å²) < 4.78 is 0. The maximum Gasteiger partial charge on any atom is 0.337 e. The van der Waals surface area contributed by atoms with Gasteiger partial charge in [0.05, 0.1) is 11.1 Å². The molecular formula is C10H8BrNO2. The number of halogens is 1. The quantitative estimate of drug-likeness (QED) is 0.824. The average molecular weight is 254 g/mol. The Morgan fingerprint density at radius 3 is 2.71 bits per heavy atom. The fourth-order valence-electron chi connectivity index (χ4n) is 1.25. The second-order valence-electron chi connectivity index (χ2n) is 2.84. The van der Waals surface area contributed by atoms with Crippen LogP contribution in [0.1, 0.15) is 27.0 Å². The Hall–Kier alpha value is -1.34. The molecule has 1 rings (SSSR count). The van der Waals surface area contributed by atoms with Gasteiger partial charge in [-0.05, 0) is 18.1 Å². The first-order valence-electron chi connectivity index (χ1n) is 3.93. The maximum atomic E-state index is 10.9. The molecule has 1 aromatic rings. The fraction of sp³-hybridized carbons (Fsp3) is 0.200. The number of carboxylic acid groups (broad SMARTS) is 1. The summed E-state index contributed by atoms with van der Waals surface area (Å²) >= 11 is 3.19. The summed E-state index contributed by atoms with van der Waals surface area (Å²) in [6, 6.07) is 5.39. The average Bonchev–Trinajstić information content (AvgIpc) is 2.17. The number of carboxylic acids is 1. The van der Waals surface area contributed by atoms with Crippen LogP contribution in [0.15, 0.2) is 12.1 Å². The van der Waals surface area contributed by atoms with Gasteiger partial charge in [0.1, 0.15) is 6.07 Å². The van der Waals surface area contributed by atoms with E-state index in [2.05, 4.69) is 15.9 Å². The smallest absolute Gasteiger partial charge is 0.337 e. The van der Waals surface area contributed by atoms with Crippen molar-refractivity contribution in [3.05, 3.63) is 34.4 Å². The molecule has 0 atom stereocenters. The van der Waals surface area contributed by atoms with Gasteiger partial charge in [-0.3, -0.25) is 0 Å². The molecule has 0 bridgehead atoms. The van der Waals surface area contributed by atoms with E-state index in [1.165, 1.54) is 0 Å². The molecule has 0 fully saturated rings. The van der Waals surface area contributed by atoms with Gasteiger partial charge in [-0.25, -0.2) is 4.79 Å². The van der Waals surface area contributed by atoms with Crippen molar-refractivity contribution in [3.8, 4) is 6.07 Å². The molecule has 0 amide bonds. The van der Waals surface area contributed by atoms with Crippen LogP contribution in [-0.2, 0) is 5.33 Å². The third-order valence-electron chi connectivity index (χ3n) is 1.97. The number of nitrogens with zero attached hydrogens (tertiary/aromatic N) is 1. The van der Waals surface area contributed by atoms with E-state index >= 15 is 0 Å². The van der Waals surface area contributed by atoms with Crippen molar-refractivity contribution in [2.45, 2.75) is 12.3 Å². The zero-order chi connectivity index (χ0) is 10.7. The van der Waals surface area contributed by atoms with Crippen LogP contribution >= 0.6 is 15.9 Å². The molecule has 0 aromatic heterocycles. The molecule has 0 radical (unpaired) electrons. The largest absolute Gasteiger partial charge is 0.478 e. The summed E-state index contributed by atoms with van der Waals surface area (Å²) in [5.41, 5.74) is 1.66. The highest BCUT2D eigenvalue weighted by atomic mass is 79.9. The Morgan fingerprint density at radius 1 is 1.64 bits per heavy atom. The number of benzene rings is 1. The first kappa shape index (κ1) is 10.7. The van der Waals surface area contributed by atoms with Crippen molar-refractivity contribution in [2.75, 3.05) is 0 Å². The number of hydrogen-bond donors (Lipinski definition) is 1. The van der Waals surface area contributed by atoms with Gasteiger partial charge in [0.25, 0.3) is 0 Å². The van der Waals surface area contributed by atoms with Gasteiger partial charge >= 0.3 is 5.97 Å². The van der Waals surface area contributed by atoms with Crippen LogP contribution in [0, 0.1) is 18.3 Å². The van der Waals surface area contributed by atoms with Crippen LogP contribution in [0.25, 0.3) is 0 Å². The Labute approximate surface area is 90.1 Å². The fourth-order valence-corrected chi connectivity index (χ4v) is 1.72. The first-order chi connectivity index (χ1) is 6.61. The van der Waals surface area contributed by atoms with Crippen LogP contribution in [0.2, 0.25) is 0 Å². The summed E-state index contributed by atoms with van der Waals surface area (Å²) in [6.07, 6.45) is 0. The zero-order valence-corrected chi connectivity index (χ0v) is 9.13. The zero-order valence-electron chi connectivity index (χ0n) is 7.54. The molecule has 14 heavy (non-hydrogen) atoms. The Morgan fingerprint density at radius 2 is 2.29 bits per heavy atom. The molecule has 3 nitrogen and oxygen atoms in total. The van der Waals surface area contributed by atoms with Crippen LogP contribution in [0.4, 0.5) is 0 Å². The minimum Gasteiger partial charge on any atom is -0.478 e. The SMILES string of the molecule is Cc1ccc(CBr)c(C(=O)O)c1C#N. The molecule has 0 saturated carbocycles. The normalized spacial score (nSPS) is 9.50. The lowest BCUT2D eigenvalue weighted by atomic mass is 9.98. The molecular weight excluding hydrogens is 246 g/mol. The molecule has 4 heteroatoms. The van der Waals surface area contributed by atoms with E-state index in [1.54, 1.807) is 19.1 Å². The van der Waals surface area contributed by atoms with Crippen molar-refractivity contribution >= 4 is 21.9 Å². The molecule has 0 spiro atoms. The number of alkyl halides is 1. The van der Waals surface area contributed by atoms with Crippen molar-refractivity contribution in [1.29, 1.82) is 5.26 Å². The van der Waals surface area contributed by atoms with Crippen molar-refractivity contribution in [2.24, 2.45) is 0 Å². The topological polar surface area (TPSA) is 61.1 Å². The summed E-state index contributed by atoms with van der Waals surface area (Å²) in [6.45, 7) is 1.73. The molecule has 1 N–H and O–H groups in total. The summed E-state index contributed by atoms with van der Waals surface area (Å²) in [4.78, 5) is 10.9. The summed E-state index contributed by atoms with van der Waals surface area (Å²) in [7, 11) is 0. The van der Waals surface area contributed by atoms with Crippen LogP contribution in [0.5, 0.6) is 0 Å². The van der Waals surface area contributed by atoms with E-state index in [4.69, 9.17) is 10.4 Å². The minimum atomic E-state index is -1.06. The van der Waals surface area contributed by atoms with Crippen LogP contribution in [-0.4, -0.2) is 11.1 Å². The van der Waals surface area contributed by atoms with Crippen molar-refractivity contribution < 1.29 is 9.90 Å². The number of aryl methyl sites for hydroxylation is 1. The van der Waals surface area contributed by atoms with E-state index in [9.17, 15) is 4.79 Å². The second kappa shape index (κ2) is 4.25. The predicted octanol–water partition coefficient (Wildman–Crippen LogP) is 2.46. The van der Waals surface area contributed by atoms with Gasteiger partial charge in [0.2, 0.25) is 0 Å². The number of nitriles is 1. The van der Waals surface area contributed by atoms with Gasteiger partial charge < -0.3 is 5.11 Å². The van der Waals surface area contributed by atoms with E-state index in [-0.39, 0.29) is 11.1 Å². The number of rotatable bonds is 2. The molecule has 0 saturated heterocycles. The maximum absolute atomic E-state index is 10.9. The van der Waals surface area contributed by atoms with E-state index in [1.807, 2.05) is 6.07 Å². The number of carbonyl (C=O) groups is 1. The highest BCUT2D eigenvalue weighted by molar-refractivity contribution is 9.08. The van der Waals surface area contributed by atoms with Crippen molar-refractivity contribution in [3.63, 3.8) is 0 Å². The van der Waals surface area contributed by atoms with E-state index in [0.717, 1.165) is 0 Å². The van der Waals surface area contributed by atoms with Crippen LogP contribution in [0.3, 0.4) is 0 Å². The second-order valence-corrected chi connectivity index (χ2v) is 3.40. The Bertz CT molecular complexity index is 421. The van der Waals surface area contributed by atoms with Gasteiger partial charge in [-0.15, -0.1) is 0 Å². The number of hydrogen-bond acceptors (Lipinski definition) is 2. The minimum absolute atomic E-state index is 0.101. The summed E-state index contributed by atoms with van der Waals surface area (Å²) in [5.74, 6) is -1.06. The van der Waals surface area contributed by atoms with Gasteiger partial charge in [-0.1, -0.05) is 28.1 Å². The highest BCUT2D eigenvalue weighted by Gasteiger charge is 2.16. The van der Waals surface area contributed by atoms with E-state index in [0.29, 0.717) is 16.5 Å². The summed E-state index contributed by atoms with van der Waals surface area (Å²) in [5, 5.41) is 18.2. The third kappa shape index (κ3) is 1.78. The molecule has 72 valence electrons. The molecule has 0 aliphatic rings. The van der Waals surface area contributed by atoms with Crippen molar-refractivity contribution in [1.82, 2.24) is 0 Å². The molecule has 0 aliphatic carbocycles. The first-order valence-corrected chi connectivity index (χ1v) is 5.05. The predicted molar refractivity (Wildman–Crippen MR) is 55.5 cm³/mol. The molecule has 0 heterocycles. The lowest BCUT2D eigenvalue weighted by Crippen LogP contribution is -2.06. The standard InChI is InChI=1S/C10H8BrNO2/c1-6-2-3-7(4-11)9(10(13)14)8(6)5-12/h2-3H,4H2,1H3,(H,13,14). The monoisotopic (exact) mass is 253 g/mol. The molecule has 1 aromatic carbocycles. The van der Waals surface area contributed by atoms with Crippen LogP contribution < -0.4 is 0 Å². The van der Waals surface area contributed by atoms with Gasteiger partial charge in [-0.2, -0.15) is 5.26 Å². The number of aromatic carboxylic acids is 1. The van der Waals surface area contributed by atoms with E-state index < -0.39 is 5.97 Å².